The number of nitrogens with one attached hydrogen (secondary N) is 1. The van der Waals surface area contributed by atoms with Crippen LogP contribution in [0.25, 0.3) is 0 Å². The smallest absolute Gasteiger partial charge is 0.254 e. The Balaban J connectivity index is 1.88. The number of hydrogen-bond acceptors (Lipinski definition) is 3. The van der Waals surface area contributed by atoms with Gasteiger partial charge in [-0.2, -0.15) is 0 Å². The fraction of sp³-hybridized carbons (Fsp3) is 0.235. The molecule has 0 radical (unpaired) electrons. The Kier molecular flexibility index (Phi) is 5.80. The van der Waals surface area contributed by atoms with Gasteiger partial charge in [0.05, 0.1) is 5.56 Å². The zero-order valence-electron chi connectivity index (χ0n) is 12.8. The first-order chi connectivity index (χ1) is 11.1. The summed E-state index contributed by atoms with van der Waals surface area (Å²) in [6.07, 6.45) is 3.32. The number of amides is 2. The van der Waals surface area contributed by atoms with E-state index in [0.29, 0.717) is 13.1 Å². The number of benzene rings is 1. The van der Waals surface area contributed by atoms with Crippen molar-refractivity contribution in [3.05, 3.63) is 65.7 Å². The summed E-state index contributed by atoms with van der Waals surface area (Å²) in [6, 6.07) is 9.44. The van der Waals surface area contributed by atoms with Gasteiger partial charge in [0.15, 0.2) is 0 Å². The van der Waals surface area contributed by atoms with Gasteiger partial charge in [-0.05, 0) is 29.8 Å². The molecule has 0 saturated carbocycles. The molecule has 0 spiro atoms. The highest BCUT2D eigenvalue weighted by Gasteiger charge is 2.12. The minimum atomic E-state index is -0.565. The largest absolute Gasteiger partial charge is 0.350 e. The quantitative estimate of drug-likeness (QED) is 0.887. The number of pyridine rings is 1. The van der Waals surface area contributed by atoms with Crippen molar-refractivity contribution in [2.24, 2.45) is 0 Å². The summed E-state index contributed by atoms with van der Waals surface area (Å²) in [5.41, 5.74) is 0.951. The molecule has 120 valence electrons. The fourth-order valence-electron chi connectivity index (χ4n) is 2.10. The first-order valence-corrected chi connectivity index (χ1v) is 7.25. The molecule has 1 heterocycles. The van der Waals surface area contributed by atoms with Gasteiger partial charge in [0.2, 0.25) is 5.91 Å². The van der Waals surface area contributed by atoms with Crippen LogP contribution in [0.4, 0.5) is 4.39 Å². The van der Waals surface area contributed by atoms with Gasteiger partial charge in [0.25, 0.3) is 5.91 Å². The molecule has 0 aliphatic heterocycles. The summed E-state index contributed by atoms with van der Waals surface area (Å²) in [5.74, 6) is -1.15. The second kappa shape index (κ2) is 8.03. The number of carbonyl (C=O) groups is 2. The minimum absolute atomic E-state index is 0.00370. The third-order valence-corrected chi connectivity index (χ3v) is 3.35. The summed E-state index contributed by atoms with van der Waals surface area (Å²) in [5, 5.41) is 2.63. The second-order valence-electron chi connectivity index (χ2n) is 5.03. The van der Waals surface area contributed by atoms with E-state index >= 15 is 0 Å². The first kappa shape index (κ1) is 16.6. The third kappa shape index (κ3) is 4.88. The maximum absolute atomic E-state index is 13.5. The highest BCUT2D eigenvalue weighted by molar-refractivity contribution is 5.94. The minimum Gasteiger partial charge on any atom is -0.350 e. The Morgan fingerprint density at radius 1 is 1.17 bits per heavy atom. The average molecular weight is 315 g/mol. The monoisotopic (exact) mass is 315 g/mol. The van der Waals surface area contributed by atoms with Crippen LogP contribution in [0.3, 0.4) is 0 Å². The van der Waals surface area contributed by atoms with Gasteiger partial charge in [-0.3, -0.25) is 14.6 Å². The highest BCUT2D eigenvalue weighted by atomic mass is 19.1. The molecule has 2 amide bonds. The molecule has 2 aromatic rings. The molecule has 0 unspecified atom stereocenters. The predicted octanol–water partition coefficient (Wildman–Crippen LogP) is 2.00. The van der Waals surface area contributed by atoms with E-state index in [1.165, 1.54) is 25.1 Å². The van der Waals surface area contributed by atoms with Crippen molar-refractivity contribution in [2.75, 3.05) is 13.1 Å². The maximum atomic E-state index is 13.5. The molecule has 0 fully saturated rings. The van der Waals surface area contributed by atoms with Gasteiger partial charge in [-0.25, -0.2) is 4.39 Å². The Bertz CT molecular complexity index is 677. The Labute approximate surface area is 134 Å². The second-order valence-corrected chi connectivity index (χ2v) is 5.03. The standard InChI is InChI=1S/C17H18FN3O2/c1-13(22)21(12-14-6-8-19-9-7-14)11-10-20-17(23)15-4-2-3-5-16(15)18/h2-9H,10-12H2,1H3,(H,20,23). The summed E-state index contributed by atoms with van der Waals surface area (Å²) >= 11 is 0. The van der Waals surface area contributed by atoms with E-state index < -0.39 is 11.7 Å². The lowest BCUT2D eigenvalue weighted by molar-refractivity contribution is -0.129. The molecule has 0 aliphatic carbocycles. The number of carbonyl (C=O) groups excluding carboxylic acids is 2. The van der Waals surface area contributed by atoms with Crippen LogP contribution in [0.2, 0.25) is 0 Å². The SMILES string of the molecule is CC(=O)N(CCNC(=O)c1ccccc1F)Cc1ccncc1. The van der Waals surface area contributed by atoms with Crippen LogP contribution in [-0.4, -0.2) is 34.8 Å². The molecule has 2 rings (SSSR count). The van der Waals surface area contributed by atoms with Gasteiger partial charge >= 0.3 is 0 Å². The molecule has 23 heavy (non-hydrogen) atoms. The molecule has 0 saturated heterocycles. The zero-order chi connectivity index (χ0) is 16.7. The van der Waals surface area contributed by atoms with Gasteiger partial charge in [-0.15, -0.1) is 0 Å². The van der Waals surface area contributed by atoms with Crippen molar-refractivity contribution >= 4 is 11.8 Å². The Morgan fingerprint density at radius 3 is 2.52 bits per heavy atom. The molecule has 1 aromatic heterocycles. The molecule has 0 atom stereocenters. The van der Waals surface area contributed by atoms with Crippen LogP contribution in [0.1, 0.15) is 22.8 Å². The third-order valence-electron chi connectivity index (χ3n) is 3.35. The van der Waals surface area contributed by atoms with Crippen molar-refractivity contribution in [2.45, 2.75) is 13.5 Å². The highest BCUT2D eigenvalue weighted by Crippen LogP contribution is 2.06. The number of nitrogens with zero attached hydrogens (tertiary/aromatic N) is 2. The van der Waals surface area contributed by atoms with Crippen LogP contribution in [-0.2, 0) is 11.3 Å². The van der Waals surface area contributed by atoms with Gasteiger partial charge in [0, 0.05) is 39.0 Å². The van der Waals surface area contributed by atoms with E-state index in [1.807, 2.05) is 12.1 Å². The maximum Gasteiger partial charge on any atom is 0.254 e. The van der Waals surface area contributed by atoms with E-state index in [4.69, 9.17) is 0 Å². The van der Waals surface area contributed by atoms with Gasteiger partial charge in [0.1, 0.15) is 5.82 Å². The summed E-state index contributed by atoms with van der Waals surface area (Å²) in [6.45, 7) is 2.50. The first-order valence-electron chi connectivity index (χ1n) is 7.25. The molecule has 1 aromatic carbocycles. The van der Waals surface area contributed by atoms with Crippen molar-refractivity contribution < 1.29 is 14.0 Å². The van der Waals surface area contributed by atoms with Crippen LogP contribution < -0.4 is 5.32 Å². The summed E-state index contributed by atoms with van der Waals surface area (Å²) < 4.78 is 13.5. The molecule has 0 aliphatic rings. The van der Waals surface area contributed by atoms with E-state index in [1.54, 1.807) is 23.4 Å². The van der Waals surface area contributed by atoms with Crippen molar-refractivity contribution in [1.29, 1.82) is 0 Å². The van der Waals surface area contributed by atoms with Crippen LogP contribution in [0, 0.1) is 5.82 Å². The number of hydrogen-bond donors (Lipinski definition) is 1. The lowest BCUT2D eigenvalue weighted by Crippen LogP contribution is -2.37. The lowest BCUT2D eigenvalue weighted by atomic mass is 10.2. The summed E-state index contributed by atoms with van der Waals surface area (Å²) in [7, 11) is 0. The Hall–Kier alpha value is -2.76. The summed E-state index contributed by atoms with van der Waals surface area (Å²) in [4.78, 5) is 29.1. The van der Waals surface area contributed by atoms with E-state index in [2.05, 4.69) is 10.3 Å². The van der Waals surface area contributed by atoms with Crippen LogP contribution in [0.5, 0.6) is 0 Å². The van der Waals surface area contributed by atoms with Crippen molar-refractivity contribution in [1.82, 2.24) is 15.2 Å². The molecule has 0 bridgehead atoms. The average Bonchev–Trinajstić information content (AvgIpc) is 2.55. The zero-order valence-corrected chi connectivity index (χ0v) is 12.8. The lowest BCUT2D eigenvalue weighted by Gasteiger charge is -2.21. The van der Waals surface area contributed by atoms with Crippen LogP contribution >= 0.6 is 0 Å². The molecule has 5 nitrogen and oxygen atoms in total. The molecule has 6 heteroatoms. The molecular formula is C17H18FN3O2. The topological polar surface area (TPSA) is 62.3 Å². The van der Waals surface area contributed by atoms with E-state index in [0.717, 1.165) is 5.56 Å². The van der Waals surface area contributed by atoms with Gasteiger partial charge in [-0.1, -0.05) is 12.1 Å². The fourth-order valence-corrected chi connectivity index (χ4v) is 2.10. The van der Waals surface area contributed by atoms with E-state index in [-0.39, 0.29) is 18.0 Å². The van der Waals surface area contributed by atoms with Crippen molar-refractivity contribution in [3.63, 3.8) is 0 Å². The number of aromatic nitrogens is 1. The molecular weight excluding hydrogens is 297 g/mol. The van der Waals surface area contributed by atoms with Gasteiger partial charge < -0.3 is 10.2 Å². The van der Waals surface area contributed by atoms with E-state index in [9.17, 15) is 14.0 Å². The Morgan fingerprint density at radius 2 is 1.87 bits per heavy atom. The molecule has 1 N–H and O–H groups in total. The number of rotatable bonds is 6. The van der Waals surface area contributed by atoms with Crippen molar-refractivity contribution in [3.8, 4) is 0 Å². The predicted molar refractivity (Wildman–Crippen MR) is 84.1 cm³/mol. The van der Waals surface area contributed by atoms with Crippen LogP contribution in [0.15, 0.2) is 48.8 Å². The number of halogens is 1. The normalized spacial score (nSPS) is 10.2.